The van der Waals surface area contributed by atoms with Crippen molar-refractivity contribution in [1.29, 1.82) is 0 Å². The third kappa shape index (κ3) is 2.51. The van der Waals surface area contributed by atoms with E-state index in [2.05, 4.69) is 21.1 Å². The average molecular weight is 309 g/mol. The summed E-state index contributed by atoms with van der Waals surface area (Å²) in [5.74, 6) is 2.64. The van der Waals surface area contributed by atoms with Crippen LogP contribution in [-0.4, -0.2) is 11.8 Å². The monoisotopic (exact) mass is 308 g/mol. The van der Waals surface area contributed by atoms with Gasteiger partial charge in [-0.3, -0.25) is 0 Å². The van der Waals surface area contributed by atoms with Crippen LogP contribution in [-0.2, 0) is 0 Å². The van der Waals surface area contributed by atoms with E-state index in [1.54, 1.807) is 6.07 Å². The first-order chi connectivity index (χ1) is 8.72. The molecule has 0 spiro atoms. The minimum atomic E-state index is 0.384. The number of nitrogens with two attached hydrogens (primary N) is 1. The molecule has 1 aliphatic carbocycles. The second-order valence-corrected chi connectivity index (χ2v) is 5.37. The summed E-state index contributed by atoms with van der Waals surface area (Å²) in [5.41, 5.74) is 6.45. The number of halogens is 1. The van der Waals surface area contributed by atoms with Crippen molar-refractivity contribution < 1.29 is 9.26 Å². The number of nitrogens with zero attached hydrogens (tertiary/aromatic N) is 1. The normalized spacial score (nSPS) is 14.7. The molecule has 0 radical (unpaired) electrons. The first kappa shape index (κ1) is 11.6. The molecule has 0 unspecified atom stereocenters. The van der Waals surface area contributed by atoms with Gasteiger partial charge in [-0.1, -0.05) is 5.16 Å². The highest BCUT2D eigenvalue weighted by molar-refractivity contribution is 9.10. The van der Waals surface area contributed by atoms with Crippen molar-refractivity contribution in [3.05, 3.63) is 28.7 Å². The maximum atomic E-state index is 5.74. The Balaban J connectivity index is 1.79. The summed E-state index contributed by atoms with van der Waals surface area (Å²) in [7, 11) is 0. The number of anilines is 1. The van der Waals surface area contributed by atoms with Crippen LogP contribution in [0.2, 0.25) is 0 Å². The lowest BCUT2D eigenvalue weighted by molar-refractivity contribution is 0.298. The van der Waals surface area contributed by atoms with Gasteiger partial charge in [0.05, 0.1) is 11.1 Å². The molecular weight excluding hydrogens is 296 g/mol. The van der Waals surface area contributed by atoms with E-state index in [-0.39, 0.29) is 0 Å². The van der Waals surface area contributed by atoms with Crippen molar-refractivity contribution in [2.45, 2.75) is 12.8 Å². The van der Waals surface area contributed by atoms with Gasteiger partial charge in [-0.2, -0.15) is 0 Å². The Morgan fingerprint density at radius 3 is 2.83 bits per heavy atom. The van der Waals surface area contributed by atoms with Gasteiger partial charge in [0.25, 0.3) is 0 Å². The Morgan fingerprint density at radius 1 is 1.39 bits per heavy atom. The number of nitrogen functional groups attached to an aromatic ring is 1. The van der Waals surface area contributed by atoms with Crippen LogP contribution in [0.3, 0.4) is 0 Å². The fraction of sp³-hybridized carbons (Fsp3) is 0.308. The topological polar surface area (TPSA) is 61.3 Å². The first-order valence-electron chi connectivity index (χ1n) is 5.87. The minimum Gasteiger partial charge on any atom is -0.492 e. The molecule has 2 N–H and O–H groups in total. The summed E-state index contributed by atoms with van der Waals surface area (Å²) < 4.78 is 11.8. The van der Waals surface area contributed by atoms with E-state index in [9.17, 15) is 0 Å². The lowest BCUT2D eigenvalue weighted by atomic mass is 10.1. The average Bonchev–Trinajstić information content (AvgIpc) is 3.08. The molecule has 0 aliphatic heterocycles. The molecule has 0 atom stereocenters. The highest BCUT2D eigenvalue weighted by Gasteiger charge is 2.22. The summed E-state index contributed by atoms with van der Waals surface area (Å²) in [6.45, 7) is 0.799. The first-order valence-corrected chi connectivity index (χ1v) is 6.66. The van der Waals surface area contributed by atoms with Gasteiger partial charge < -0.3 is 15.0 Å². The number of ether oxygens (including phenoxy) is 1. The molecular formula is C13H13BrN2O2. The van der Waals surface area contributed by atoms with E-state index < -0.39 is 0 Å². The summed E-state index contributed by atoms with van der Waals surface area (Å²) in [5, 5.41) is 3.67. The van der Waals surface area contributed by atoms with Gasteiger partial charge >= 0.3 is 0 Å². The van der Waals surface area contributed by atoms with Gasteiger partial charge in [0.2, 0.25) is 0 Å². The van der Waals surface area contributed by atoms with Crippen LogP contribution < -0.4 is 10.5 Å². The van der Waals surface area contributed by atoms with E-state index in [0.29, 0.717) is 11.6 Å². The number of hydrogen-bond acceptors (Lipinski definition) is 4. The summed E-state index contributed by atoms with van der Waals surface area (Å²) in [4.78, 5) is 0. The minimum absolute atomic E-state index is 0.384. The van der Waals surface area contributed by atoms with Gasteiger partial charge in [0.15, 0.2) is 11.6 Å². The second-order valence-electron chi connectivity index (χ2n) is 4.52. The third-order valence-electron chi connectivity index (χ3n) is 2.92. The second kappa shape index (κ2) is 4.65. The van der Waals surface area contributed by atoms with Gasteiger partial charge in [-0.05, 0) is 52.9 Å². The largest absolute Gasteiger partial charge is 0.492 e. The fourth-order valence-corrected chi connectivity index (χ4v) is 2.18. The van der Waals surface area contributed by atoms with Gasteiger partial charge in [0.1, 0.15) is 5.75 Å². The molecule has 0 bridgehead atoms. The maximum absolute atomic E-state index is 5.74. The van der Waals surface area contributed by atoms with Gasteiger partial charge in [0, 0.05) is 11.6 Å². The lowest BCUT2D eigenvalue weighted by Crippen LogP contribution is -1.99. The van der Waals surface area contributed by atoms with Crippen molar-refractivity contribution >= 4 is 21.7 Å². The highest BCUT2D eigenvalue weighted by Crippen LogP contribution is 2.34. The summed E-state index contributed by atoms with van der Waals surface area (Å²) in [6, 6.07) is 7.52. The van der Waals surface area contributed by atoms with Crippen LogP contribution in [0.4, 0.5) is 5.82 Å². The van der Waals surface area contributed by atoms with Crippen LogP contribution >= 0.6 is 15.9 Å². The molecule has 2 aromatic rings. The fourth-order valence-electron chi connectivity index (χ4n) is 1.69. The lowest BCUT2D eigenvalue weighted by Gasteiger charge is -2.08. The van der Waals surface area contributed by atoms with Gasteiger partial charge in [-0.25, -0.2) is 0 Å². The Morgan fingerprint density at radius 2 is 2.22 bits per heavy atom. The predicted molar refractivity (Wildman–Crippen MR) is 72.3 cm³/mol. The standard InChI is InChI=1S/C13H13BrN2O2/c14-10-5-9(12-6-13(15)16-18-12)3-4-11(10)17-7-8-1-2-8/h3-6,8H,1-2,7H2,(H2,15,16). The quantitative estimate of drug-likeness (QED) is 0.939. The SMILES string of the molecule is Nc1cc(-c2ccc(OCC3CC3)c(Br)c2)on1. The number of benzene rings is 1. The van der Waals surface area contributed by atoms with Crippen molar-refractivity contribution in [3.8, 4) is 17.1 Å². The van der Waals surface area contributed by atoms with Crippen LogP contribution in [0.25, 0.3) is 11.3 Å². The molecule has 5 heteroatoms. The van der Waals surface area contributed by atoms with Crippen molar-refractivity contribution in [1.82, 2.24) is 5.16 Å². The van der Waals surface area contributed by atoms with Crippen LogP contribution in [0.1, 0.15) is 12.8 Å². The molecule has 1 saturated carbocycles. The zero-order valence-corrected chi connectivity index (χ0v) is 11.3. The Labute approximate surface area is 113 Å². The van der Waals surface area contributed by atoms with Crippen LogP contribution in [0.5, 0.6) is 5.75 Å². The van der Waals surface area contributed by atoms with Gasteiger partial charge in [-0.15, -0.1) is 0 Å². The summed E-state index contributed by atoms with van der Waals surface area (Å²) >= 11 is 3.50. The maximum Gasteiger partial charge on any atom is 0.169 e. The van der Waals surface area contributed by atoms with E-state index >= 15 is 0 Å². The van der Waals surface area contributed by atoms with E-state index in [1.807, 2.05) is 18.2 Å². The molecule has 94 valence electrons. The molecule has 18 heavy (non-hydrogen) atoms. The summed E-state index contributed by atoms with van der Waals surface area (Å²) in [6.07, 6.45) is 2.57. The predicted octanol–water partition coefficient (Wildman–Crippen LogP) is 3.48. The molecule has 0 amide bonds. The van der Waals surface area contributed by atoms with Crippen LogP contribution in [0, 0.1) is 5.92 Å². The molecule has 1 aromatic carbocycles. The third-order valence-corrected chi connectivity index (χ3v) is 3.54. The Hall–Kier alpha value is -1.49. The molecule has 1 aliphatic rings. The van der Waals surface area contributed by atoms with Crippen molar-refractivity contribution in [3.63, 3.8) is 0 Å². The van der Waals surface area contributed by atoms with Crippen LogP contribution in [0.15, 0.2) is 33.3 Å². The van der Waals surface area contributed by atoms with E-state index in [1.165, 1.54) is 12.8 Å². The number of hydrogen-bond donors (Lipinski definition) is 1. The zero-order valence-electron chi connectivity index (χ0n) is 9.73. The zero-order chi connectivity index (χ0) is 12.5. The molecule has 1 aromatic heterocycles. The Kier molecular flexibility index (Phi) is 2.99. The van der Waals surface area contributed by atoms with E-state index in [0.717, 1.165) is 28.3 Å². The molecule has 4 nitrogen and oxygen atoms in total. The molecule has 1 fully saturated rings. The van der Waals surface area contributed by atoms with E-state index in [4.69, 9.17) is 15.0 Å². The smallest absolute Gasteiger partial charge is 0.169 e. The van der Waals surface area contributed by atoms with Crippen molar-refractivity contribution in [2.75, 3.05) is 12.3 Å². The molecule has 1 heterocycles. The number of rotatable bonds is 4. The number of aromatic nitrogens is 1. The molecule has 3 rings (SSSR count). The Bertz CT molecular complexity index is 564. The molecule has 0 saturated heterocycles. The highest BCUT2D eigenvalue weighted by atomic mass is 79.9. The van der Waals surface area contributed by atoms with Crippen molar-refractivity contribution in [2.24, 2.45) is 5.92 Å².